The molecule has 0 radical (unpaired) electrons. The van der Waals surface area contributed by atoms with Gasteiger partial charge in [0, 0.05) is 6.42 Å². The Labute approximate surface area is 88.6 Å². The molecule has 3 N–H and O–H groups in total. The van der Waals surface area contributed by atoms with E-state index in [9.17, 15) is 15.0 Å². The molecule has 0 saturated carbocycles. The van der Waals surface area contributed by atoms with Crippen LogP contribution in [0.1, 0.15) is 18.1 Å². The van der Waals surface area contributed by atoms with Crippen LogP contribution >= 0.6 is 0 Å². The number of hydrogen-bond acceptors (Lipinski definition) is 3. The SMILES string of the molecule is O=C([O-])C[NH2+]CC[C@@H](O)c1ccccc1. The summed E-state index contributed by atoms with van der Waals surface area (Å²) in [4.78, 5) is 10.1. The van der Waals surface area contributed by atoms with Gasteiger partial charge in [0.2, 0.25) is 0 Å². The Bertz CT molecular complexity index is 300. The van der Waals surface area contributed by atoms with E-state index in [4.69, 9.17) is 0 Å². The Balaban J connectivity index is 2.25. The van der Waals surface area contributed by atoms with Gasteiger partial charge in [0.25, 0.3) is 0 Å². The lowest BCUT2D eigenvalue weighted by molar-refractivity contribution is -0.651. The summed E-state index contributed by atoms with van der Waals surface area (Å²) < 4.78 is 0. The minimum absolute atomic E-state index is 0.0541. The van der Waals surface area contributed by atoms with Gasteiger partial charge in [0.1, 0.15) is 6.54 Å². The van der Waals surface area contributed by atoms with Crippen molar-refractivity contribution in [3.63, 3.8) is 0 Å². The molecule has 4 nitrogen and oxygen atoms in total. The maximum Gasteiger partial charge on any atom is 0.116 e. The lowest BCUT2D eigenvalue weighted by Gasteiger charge is -2.09. The van der Waals surface area contributed by atoms with Gasteiger partial charge in [-0.25, -0.2) is 0 Å². The second-order valence-corrected chi connectivity index (χ2v) is 3.37. The van der Waals surface area contributed by atoms with Crippen LogP contribution in [-0.2, 0) is 4.79 Å². The number of aliphatic carboxylic acids is 1. The predicted molar refractivity (Wildman–Crippen MR) is 52.7 cm³/mol. The number of carbonyl (C=O) groups excluding carboxylic acids is 1. The number of quaternary nitrogens is 1. The van der Waals surface area contributed by atoms with E-state index in [-0.39, 0.29) is 6.54 Å². The van der Waals surface area contributed by atoms with Crippen LogP contribution < -0.4 is 10.4 Å². The van der Waals surface area contributed by atoms with Crippen molar-refractivity contribution < 1.29 is 20.3 Å². The summed E-state index contributed by atoms with van der Waals surface area (Å²) >= 11 is 0. The van der Waals surface area contributed by atoms with Crippen molar-refractivity contribution in [3.8, 4) is 0 Å². The average Bonchev–Trinajstić information content (AvgIpc) is 2.25. The quantitative estimate of drug-likeness (QED) is 0.555. The summed E-state index contributed by atoms with van der Waals surface area (Å²) in [5, 5.41) is 21.4. The van der Waals surface area contributed by atoms with Gasteiger partial charge in [0.15, 0.2) is 0 Å². The van der Waals surface area contributed by atoms with Crippen LogP contribution in [0.3, 0.4) is 0 Å². The Kier molecular flexibility index (Phi) is 4.80. The molecule has 15 heavy (non-hydrogen) atoms. The Morgan fingerprint density at radius 3 is 2.67 bits per heavy atom. The molecule has 0 aromatic heterocycles. The van der Waals surface area contributed by atoms with Gasteiger partial charge in [-0.05, 0) is 5.56 Å². The summed E-state index contributed by atoms with van der Waals surface area (Å²) in [5.74, 6) is -1.08. The van der Waals surface area contributed by atoms with Crippen LogP contribution in [0.15, 0.2) is 30.3 Å². The fourth-order valence-corrected chi connectivity index (χ4v) is 1.34. The Hall–Kier alpha value is -1.39. The smallest absolute Gasteiger partial charge is 0.116 e. The second kappa shape index (κ2) is 6.16. The highest BCUT2D eigenvalue weighted by Crippen LogP contribution is 2.13. The minimum Gasteiger partial charge on any atom is -0.544 e. The molecular formula is C11H15NO3. The third-order valence-electron chi connectivity index (χ3n) is 2.14. The molecule has 82 valence electrons. The second-order valence-electron chi connectivity index (χ2n) is 3.37. The zero-order valence-electron chi connectivity index (χ0n) is 8.43. The van der Waals surface area contributed by atoms with Crippen molar-refractivity contribution in [1.29, 1.82) is 0 Å². The molecular weight excluding hydrogens is 194 g/mol. The van der Waals surface area contributed by atoms with Crippen molar-refractivity contribution in [2.75, 3.05) is 13.1 Å². The van der Waals surface area contributed by atoms with Crippen LogP contribution in [-0.4, -0.2) is 24.2 Å². The van der Waals surface area contributed by atoms with Gasteiger partial charge in [-0.1, -0.05) is 30.3 Å². The molecule has 0 aliphatic heterocycles. The van der Waals surface area contributed by atoms with Crippen molar-refractivity contribution in [3.05, 3.63) is 35.9 Å². The molecule has 1 aromatic rings. The van der Waals surface area contributed by atoms with Crippen molar-refractivity contribution in [2.45, 2.75) is 12.5 Å². The summed E-state index contributed by atoms with van der Waals surface area (Å²) in [6, 6.07) is 9.32. The maximum absolute atomic E-state index is 10.1. The predicted octanol–water partition coefficient (Wildman–Crippen LogP) is -1.58. The first-order valence-electron chi connectivity index (χ1n) is 4.94. The number of carbonyl (C=O) groups is 1. The highest BCUT2D eigenvalue weighted by molar-refractivity contribution is 5.64. The first kappa shape index (κ1) is 11.7. The van der Waals surface area contributed by atoms with E-state index < -0.39 is 12.1 Å². The molecule has 0 fully saturated rings. The number of aliphatic hydroxyl groups excluding tert-OH is 1. The highest BCUT2D eigenvalue weighted by Gasteiger charge is 2.06. The van der Waals surface area contributed by atoms with Crippen LogP contribution in [0.25, 0.3) is 0 Å². The molecule has 4 heteroatoms. The van der Waals surface area contributed by atoms with Crippen LogP contribution in [0.2, 0.25) is 0 Å². The van der Waals surface area contributed by atoms with Crippen LogP contribution in [0, 0.1) is 0 Å². The van der Waals surface area contributed by atoms with Crippen molar-refractivity contribution in [2.24, 2.45) is 0 Å². The normalized spacial score (nSPS) is 12.3. The molecule has 0 spiro atoms. The van der Waals surface area contributed by atoms with Crippen LogP contribution in [0.4, 0.5) is 0 Å². The van der Waals surface area contributed by atoms with E-state index >= 15 is 0 Å². The van der Waals surface area contributed by atoms with E-state index in [1.54, 1.807) is 5.32 Å². The van der Waals surface area contributed by atoms with Crippen LogP contribution in [0.5, 0.6) is 0 Å². The fraction of sp³-hybridized carbons (Fsp3) is 0.364. The van der Waals surface area contributed by atoms with Gasteiger partial charge >= 0.3 is 0 Å². The fourth-order valence-electron chi connectivity index (χ4n) is 1.34. The van der Waals surface area contributed by atoms with Gasteiger partial charge < -0.3 is 20.3 Å². The number of hydrogen-bond donors (Lipinski definition) is 2. The topological polar surface area (TPSA) is 77.0 Å². The molecule has 0 heterocycles. The minimum atomic E-state index is -1.08. The Morgan fingerprint density at radius 2 is 2.07 bits per heavy atom. The van der Waals surface area contributed by atoms with E-state index in [1.807, 2.05) is 30.3 Å². The molecule has 1 atom stereocenters. The summed E-state index contributed by atoms with van der Waals surface area (Å²) in [6.07, 6.45) is 0.0151. The summed E-state index contributed by atoms with van der Waals surface area (Å²) in [5.41, 5.74) is 0.861. The van der Waals surface area contributed by atoms with E-state index in [2.05, 4.69) is 0 Å². The van der Waals surface area contributed by atoms with Gasteiger partial charge in [0.05, 0.1) is 18.6 Å². The van der Waals surface area contributed by atoms with Gasteiger partial charge in [-0.3, -0.25) is 0 Å². The monoisotopic (exact) mass is 209 g/mol. The number of rotatable bonds is 6. The molecule has 0 bridgehead atoms. The average molecular weight is 209 g/mol. The van der Waals surface area contributed by atoms with E-state index in [1.165, 1.54) is 0 Å². The molecule has 0 aliphatic carbocycles. The lowest BCUT2D eigenvalue weighted by Crippen LogP contribution is -2.87. The number of aliphatic hydroxyl groups is 1. The number of nitrogens with two attached hydrogens (primary N) is 1. The molecule has 1 rings (SSSR count). The largest absolute Gasteiger partial charge is 0.544 e. The maximum atomic E-state index is 10.1. The van der Waals surface area contributed by atoms with Gasteiger partial charge in [-0.15, -0.1) is 0 Å². The third kappa shape index (κ3) is 4.58. The number of carboxylic acid groups (broad SMARTS) is 1. The molecule has 0 amide bonds. The number of benzene rings is 1. The van der Waals surface area contributed by atoms with Crippen molar-refractivity contribution >= 4 is 5.97 Å². The highest BCUT2D eigenvalue weighted by atomic mass is 16.4. The molecule has 0 aliphatic rings. The third-order valence-corrected chi connectivity index (χ3v) is 2.14. The van der Waals surface area contributed by atoms with Gasteiger partial charge in [-0.2, -0.15) is 0 Å². The first-order chi connectivity index (χ1) is 7.20. The first-order valence-corrected chi connectivity index (χ1v) is 4.94. The van der Waals surface area contributed by atoms with E-state index in [0.29, 0.717) is 13.0 Å². The summed E-state index contributed by atoms with van der Waals surface area (Å²) in [6.45, 7) is 0.519. The lowest BCUT2D eigenvalue weighted by atomic mass is 10.1. The Morgan fingerprint density at radius 1 is 1.40 bits per heavy atom. The standard InChI is InChI=1S/C11H15NO3/c13-10(6-7-12-8-11(14)15)9-4-2-1-3-5-9/h1-5,10,12-13H,6-8H2,(H,14,15)/t10-/m1/s1. The molecule has 1 aromatic carbocycles. The summed E-state index contributed by atoms with van der Waals surface area (Å²) in [7, 11) is 0. The zero-order chi connectivity index (χ0) is 11.1. The number of carboxylic acids is 1. The molecule has 0 unspecified atom stereocenters. The van der Waals surface area contributed by atoms with Crippen molar-refractivity contribution in [1.82, 2.24) is 0 Å². The zero-order valence-corrected chi connectivity index (χ0v) is 8.43. The molecule has 0 saturated heterocycles. The van der Waals surface area contributed by atoms with E-state index in [0.717, 1.165) is 5.56 Å².